The summed E-state index contributed by atoms with van der Waals surface area (Å²) >= 11 is 5.71. The molecule has 2 aromatic carbocycles. The third-order valence-corrected chi connectivity index (χ3v) is 4.99. The molecule has 0 unspecified atom stereocenters. The number of anilines is 1. The van der Waals surface area contributed by atoms with E-state index < -0.39 is 28.3 Å². The number of halogens is 2. The number of hydrogen-bond acceptors (Lipinski definition) is 3. The molecule has 0 heterocycles. The summed E-state index contributed by atoms with van der Waals surface area (Å²) in [6, 6.07) is 12.5. The van der Waals surface area contributed by atoms with Crippen LogP contribution in [-0.4, -0.2) is 27.1 Å². The predicted molar refractivity (Wildman–Crippen MR) is 96.6 cm³/mol. The van der Waals surface area contributed by atoms with Crippen molar-refractivity contribution in [1.82, 2.24) is 5.32 Å². The zero-order valence-electron chi connectivity index (χ0n) is 13.7. The molecule has 8 heteroatoms. The van der Waals surface area contributed by atoms with Crippen LogP contribution in [-0.2, 0) is 14.8 Å². The largest absolute Gasteiger partial charge is 0.348 e. The second kappa shape index (κ2) is 7.84. The van der Waals surface area contributed by atoms with E-state index in [1.54, 1.807) is 6.92 Å². The normalized spacial score (nSPS) is 12.5. The Hall–Kier alpha value is -2.12. The highest BCUT2D eigenvalue weighted by Crippen LogP contribution is 2.24. The van der Waals surface area contributed by atoms with Crippen LogP contribution in [0.2, 0.25) is 5.02 Å². The fourth-order valence-electron chi connectivity index (χ4n) is 2.28. The molecule has 134 valence electrons. The van der Waals surface area contributed by atoms with Crippen LogP contribution in [0.3, 0.4) is 0 Å². The molecular weight excluding hydrogens is 367 g/mol. The molecule has 2 aromatic rings. The van der Waals surface area contributed by atoms with Crippen LogP contribution >= 0.6 is 11.6 Å². The van der Waals surface area contributed by atoms with Gasteiger partial charge < -0.3 is 5.32 Å². The lowest BCUT2D eigenvalue weighted by Gasteiger charge is -2.23. The smallest absolute Gasteiger partial charge is 0.241 e. The van der Waals surface area contributed by atoms with E-state index >= 15 is 0 Å². The van der Waals surface area contributed by atoms with Gasteiger partial charge in [-0.2, -0.15) is 0 Å². The van der Waals surface area contributed by atoms with Crippen LogP contribution in [0.25, 0.3) is 0 Å². The molecule has 1 atom stereocenters. The maximum atomic E-state index is 13.3. The number of amides is 1. The van der Waals surface area contributed by atoms with Crippen molar-refractivity contribution in [1.29, 1.82) is 0 Å². The number of benzene rings is 2. The van der Waals surface area contributed by atoms with Crippen molar-refractivity contribution >= 4 is 33.2 Å². The fourth-order valence-corrected chi connectivity index (χ4v) is 3.31. The number of rotatable bonds is 6. The Balaban J connectivity index is 2.17. The van der Waals surface area contributed by atoms with Gasteiger partial charge in [-0.3, -0.25) is 9.10 Å². The summed E-state index contributed by atoms with van der Waals surface area (Å²) in [5.74, 6) is -1.15. The van der Waals surface area contributed by atoms with E-state index in [1.165, 1.54) is 12.1 Å². The topological polar surface area (TPSA) is 66.5 Å². The molecule has 1 N–H and O–H groups in total. The molecule has 0 fully saturated rings. The van der Waals surface area contributed by atoms with E-state index in [4.69, 9.17) is 11.6 Å². The average Bonchev–Trinajstić information content (AvgIpc) is 2.55. The van der Waals surface area contributed by atoms with Crippen LogP contribution < -0.4 is 9.62 Å². The highest BCUT2D eigenvalue weighted by atomic mass is 35.5. The Morgan fingerprint density at radius 2 is 1.88 bits per heavy atom. The predicted octanol–water partition coefficient (Wildman–Crippen LogP) is 3.12. The van der Waals surface area contributed by atoms with Gasteiger partial charge in [0.2, 0.25) is 15.9 Å². The third kappa shape index (κ3) is 5.17. The molecule has 1 amide bonds. The zero-order chi connectivity index (χ0) is 18.6. The van der Waals surface area contributed by atoms with Crippen LogP contribution in [0.1, 0.15) is 18.5 Å². The van der Waals surface area contributed by atoms with Crippen LogP contribution in [0, 0.1) is 5.82 Å². The molecule has 0 bridgehead atoms. The number of sulfonamides is 1. The van der Waals surface area contributed by atoms with Crippen LogP contribution in [0.4, 0.5) is 10.1 Å². The lowest BCUT2D eigenvalue weighted by molar-refractivity contribution is -0.120. The Kier molecular flexibility index (Phi) is 6.02. The van der Waals surface area contributed by atoms with Crippen molar-refractivity contribution in [3.8, 4) is 0 Å². The van der Waals surface area contributed by atoms with Crippen molar-refractivity contribution < 1.29 is 17.6 Å². The van der Waals surface area contributed by atoms with E-state index in [-0.39, 0.29) is 16.8 Å². The standard InChI is InChI=1S/C17H18ClFN2O3S/c1-12(13-6-4-3-5-7-13)20-17(22)11-21(25(2,23)24)14-8-9-16(19)15(18)10-14/h3-10,12H,11H2,1-2H3,(H,20,22)/t12-/m0/s1. The Bertz CT molecular complexity index is 859. The Morgan fingerprint density at radius 3 is 2.44 bits per heavy atom. The molecular formula is C17H18ClFN2O3S. The van der Waals surface area contributed by atoms with Crippen molar-refractivity contribution in [3.63, 3.8) is 0 Å². The van der Waals surface area contributed by atoms with Crippen molar-refractivity contribution in [2.24, 2.45) is 0 Å². The Morgan fingerprint density at radius 1 is 1.24 bits per heavy atom. The lowest BCUT2D eigenvalue weighted by Crippen LogP contribution is -2.41. The maximum absolute atomic E-state index is 13.3. The van der Waals surface area contributed by atoms with E-state index in [1.807, 2.05) is 30.3 Å². The van der Waals surface area contributed by atoms with E-state index in [0.29, 0.717) is 0 Å². The molecule has 0 saturated carbocycles. The monoisotopic (exact) mass is 384 g/mol. The van der Waals surface area contributed by atoms with Gasteiger partial charge in [-0.1, -0.05) is 41.9 Å². The minimum absolute atomic E-state index is 0.122. The van der Waals surface area contributed by atoms with Crippen LogP contribution in [0.15, 0.2) is 48.5 Å². The molecule has 5 nitrogen and oxygen atoms in total. The molecule has 2 rings (SSSR count). The molecule has 0 radical (unpaired) electrons. The highest BCUT2D eigenvalue weighted by Gasteiger charge is 2.22. The number of hydrogen-bond donors (Lipinski definition) is 1. The van der Waals surface area contributed by atoms with Gasteiger partial charge in [-0.05, 0) is 30.7 Å². The summed E-state index contributed by atoms with van der Waals surface area (Å²) in [6.07, 6.45) is 0.970. The number of nitrogens with one attached hydrogen (secondary N) is 1. The minimum Gasteiger partial charge on any atom is -0.348 e. The van der Waals surface area contributed by atoms with Gasteiger partial charge in [0.1, 0.15) is 12.4 Å². The molecule has 0 saturated heterocycles. The molecule has 0 spiro atoms. The number of carbonyl (C=O) groups excluding carboxylic acids is 1. The second-order valence-electron chi connectivity index (χ2n) is 5.57. The Labute approximate surface area is 151 Å². The first kappa shape index (κ1) is 19.2. The summed E-state index contributed by atoms with van der Waals surface area (Å²) < 4.78 is 38.2. The van der Waals surface area contributed by atoms with Gasteiger partial charge in [-0.25, -0.2) is 12.8 Å². The van der Waals surface area contributed by atoms with Gasteiger partial charge >= 0.3 is 0 Å². The zero-order valence-corrected chi connectivity index (χ0v) is 15.3. The molecule has 25 heavy (non-hydrogen) atoms. The van der Waals surface area contributed by atoms with Gasteiger partial charge in [0.05, 0.1) is 23.0 Å². The molecule has 0 aliphatic heterocycles. The van der Waals surface area contributed by atoms with Gasteiger partial charge in [0, 0.05) is 0 Å². The first-order valence-electron chi connectivity index (χ1n) is 7.45. The third-order valence-electron chi connectivity index (χ3n) is 3.56. The van der Waals surface area contributed by atoms with Gasteiger partial charge in [0.15, 0.2) is 0 Å². The molecule has 0 aliphatic rings. The van der Waals surface area contributed by atoms with Crippen molar-refractivity contribution in [2.75, 3.05) is 17.1 Å². The second-order valence-corrected chi connectivity index (χ2v) is 7.88. The first-order chi connectivity index (χ1) is 11.7. The summed E-state index contributed by atoms with van der Waals surface area (Å²) in [7, 11) is -3.75. The van der Waals surface area contributed by atoms with E-state index in [0.717, 1.165) is 22.2 Å². The van der Waals surface area contributed by atoms with E-state index in [9.17, 15) is 17.6 Å². The van der Waals surface area contributed by atoms with Crippen LogP contribution in [0.5, 0.6) is 0 Å². The first-order valence-corrected chi connectivity index (χ1v) is 9.68. The maximum Gasteiger partial charge on any atom is 0.241 e. The quantitative estimate of drug-likeness (QED) is 0.832. The molecule has 0 aliphatic carbocycles. The van der Waals surface area contributed by atoms with Gasteiger partial charge in [0.25, 0.3) is 0 Å². The average molecular weight is 385 g/mol. The van der Waals surface area contributed by atoms with Crippen molar-refractivity contribution in [3.05, 3.63) is 64.9 Å². The number of nitrogens with zero attached hydrogens (tertiary/aromatic N) is 1. The number of carbonyl (C=O) groups is 1. The minimum atomic E-state index is -3.75. The highest BCUT2D eigenvalue weighted by molar-refractivity contribution is 7.92. The summed E-state index contributed by atoms with van der Waals surface area (Å²) in [5, 5.41) is 2.52. The lowest BCUT2D eigenvalue weighted by atomic mass is 10.1. The van der Waals surface area contributed by atoms with E-state index in [2.05, 4.69) is 5.32 Å². The summed E-state index contributed by atoms with van der Waals surface area (Å²) in [5.41, 5.74) is 1.02. The molecule has 0 aromatic heterocycles. The fraction of sp³-hybridized carbons (Fsp3) is 0.235. The SMILES string of the molecule is C[C@H](NC(=O)CN(c1ccc(F)c(Cl)c1)S(C)(=O)=O)c1ccccc1. The van der Waals surface area contributed by atoms with Gasteiger partial charge in [-0.15, -0.1) is 0 Å². The summed E-state index contributed by atoms with van der Waals surface area (Å²) in [4.78, 5) is 12.3. The van der Waals surface area contributed by atoms with Crippen molar-refractivity contribution in [2.45, 2.75) is 13.0 Å². The summed E-state index contributed by atoms with van der Waals surface area (Å²) in [6.45, 7) is 1.37.